The molecule has 4 N–H and O–H groups in total. The molecule has 0 aromatic rings. The number of carbonyl (C=O) groups excluding carboxylic acids is 3. The molecule has 0 atom stereocenters. The maximum absolute atomic E-state index is 11.7. The van der Waals surface area contributed by atoms with Gasteiger partial charge in [0.15, 0.2) is 0 Å². The summed E-state index contributed by atoms with van der Waals surface area (Å²) in [5.74, 6) is -3.09. The predicted molar refractivity (Wildman–Crippen MR) is 67.6 cm³/mol. The Balaban J connectivity index is 4.51. The van der Waals surface area contributed by atoms with Crippen LogP contribution in [-0.2, 0) is 19.1 Å². The van der Waals surface area contributed by atoms with Gasteiger partial charge in [0.05, 0.1) is 6.54 Å². The van der Waals surface area contributed by atoms with Gasteiger partial charge >= 0.3 is 12.1 Å². The Kier molecular flexibility index (Phi) is 6.63. The van der Waals surface area contributed by atoms with E-state index < -0.39 is 49.1 Å². The molecule has 0 saturated heterocycles. The van der Waals surface area contributed by atoms with Crippen LogP contribution >= 0.6 is 0 Å². The first-order chi connectivity index (χ1) is 9.06. The predicted octanol–water partition coefficient (Wildman–Crippen LogP) is -1.09. The van der Waals surface area contributed by atoms with Crippen LogP contribution in [0.2, 0.25) is 0 Å². The number of amides is 3. The van der Waals surface area contributed by atoms with Gasteiger partial charge in [-0.1, -0.05) is 0 Å². The van der Waals surface area contributed by atoms with Crippen LogP contribution in [0.25, 0.3) is 0 Å². The molecule has 0 aliphatic heterocycles. The van der Waals surface area contributed by atoms with Gasteiger partial charge in [0, 0.05) is 0 Å². The normalized spacial score (nSPS) is 10.6. The highest BCUT2D eigenvalue weighted by molar-refractivity contribution is 6.00. The van der Waals surface area contributed by atoms with Crippen molar-refractivity contribution in [1.82, 2.24) is 10.2 Å². The minimum Gasteiger partial charge on any atom is -0.480 e. The number of aliphatic carboxylic acids is 1. The number of nitrogens with zero attached hydrogens (tertiary/aromatic N) is 1. The molecule has 0 rings (SSSR count). The molecule has 9 heteroatoms. The van der Waals surface area contributed by atoms with Crippen molar-refractivity contribution in [3.8, 4) is 0 Å². The number of hydrogen-bond donors (Lipinski definition) is 3. The van der Waals surface area contributed by atoms with E-state index in [1.54, 1.807) is 20.8 Å². The van der Waals surface area contributed by atoms with Crippen molar-refractivity contribution >= 4 is 23.9 Å². The highest BCUT2D eigenvalue weighted by Gasteiger charge is 2.24. The summed E-state index contributed by atoms with van der Waals surface area (Å²) >= 11 is 0. The number of nitrogens with two attached hydrogens (primary N) is 1. The number of carboxylic acid groups (broad SMARTS) is 1. The summed E-state index contributed by atoms with van der Waals surface area (Å²) in [6.45, 7) is 3.04. The van der Waals surface area contributed by atoms with Gasteiger partial charge in [0.2, 0.25) is 11.8 Å². The van der Waals surface area contributed by atoms with Crippen LogP contribution in [0.15, 0.2) is 0 Å². The molecule has 0 saturated carbocycles. The van der Waals surface area contributed by atoms with Crippen LogP contribution in [0, 0.1) is 0 Å². The molecule has 0 unspecified atom stereocenters. The fraction of sp³-hybridized carbons (Fsp3) is 0.636. The SMILES string of the molecule is CC(C)(C)OC(=O)NCC(=O)N(CC(=O)O)C(=O)CN. The van der Waals surface area contributed by atoms with E-state index in [-0.39, 0.29) is 0 Å². The van der Waals surface area contributed by atoms with Crippen molar-refractivity contribution in [1.29, 1.82) is 0 Å². The van der Waals surface area contributed by atoms with E-state index in [1.807, 2.05) is 0 Å². The molecule has 0 aliphatic rings. The van der Waals surface area contributed by atoms with Crippen LogP contribution in [-0.4, -0.2) is 59.1 Å². The second-order valence-electron chi connectivity index (χ2n) is 4.83. The average Bonchev–Trinajstić information content (AvgIpc) is 2.29. The third-order valence-electron chi connectivity index (χ3n) is 1.85. The number of hydrogen-bond acceptors (Lipinski definition) is 6. The molecule has 0 heterocycles. The quantitative estimate of drug-likeness (QED) is 0.584. The van der Waals surface area contributed by atoms with Crippen molar-refractivity contribution in [3.05, 3.63) is 0 Å². The largest absolute Gasteiger partial charge is 0.480 e. The first-order valence-corrected chi connectivity index (χ1v) is 5.78. The average molecular weight is 289 g/mol. The van der Waals surface area contributed by atoms with Gasteiger partial charge in [-0.3, -0.25) is 19.3 Å². The zero-order valence-electron chi connectivity index (χ0n) is 11.6. The Hall–Kier alpha value is -2.16. The Morgan fingerprint density at radius 3 is 2.15 bits per heavy atom. The van der Waals surface area contributed by atoms with Crippen molar-refractivity contribution in [2.24, 2.45) is 5.73 Å². The second-order valence-corrected chi connectivity index (χ2v) is 4.83. The maximum Gasteiger partial charge on any atom is 0.408 e. The van der Waals surface area contributed by atoms with E-state index in [0.717, 1.165) is 0 Å². The number of rotatable bonds is 5. The summed E-state index contributed by atoms with van der Waals surface area (Å²) in [5.41, 5.74) is 4.34. The zero-order chi connectivity index (χ0) is 15.9. The highest BCUT2D eigenvalue weighted by Crippen LogP contribution is 2.06. The Labute approximate surface area is 116 Å². The molecule has 0 spiro atoms. The van der Waals surface area contributed by atoms with E-state index >= 15 is 0 Å². The summed E-state index contributed by atoms with van der Waals surface area (Å²) in [7, 11) is 0. The lowest BCUT2D eigenvalue weighted by Crippen LogP contribution is -2.48. The van der Waals surface area contributed by atoms with Crippen LogP contribution in [0.3, 0.4) is 0 Å². The summed E-state index contributed by atoms with van der Waals surface area (Å²) < 4.78 is 4.89. The maximum atomic E-state index is 11.7. The molecular weight excluding hydrogens is 270 g/mol. The summed E-state index contributed by atoms with van der Waals surface area (Å²) in [6, 6.07) is 0. The van der Waals surface area contributed by atoms with Gasteiger partial charge < -0.3 is 20.9 Å². The van der Waals surface area contributed by atoms with Crippen molar-refractivity contribution < 1.29 is 29.0 Å². The molecule has 0 fully saturated rings. The van der Waals surface area contributed by atoms with Crippen LogP contribution in [0.5, 0.6) is 0 Å². The summed E-state index contributed by atoms with van der Waals surface area (Å²) in [4.78, 5) is 45.3. The van der Waals surface area contributed by atoms with Gasteiger partial charge in [0.25, 0.3) is 0 Å². The molecule has 3 amide bonds. The fourth-order valence-corrected chi connectivity index (χ4v) is 1.12. The molecular formula is C11H19N3O6. The topological polar surface area (TPSA) is 139 Å². The Morgan fingerprint density at radius 1 is 1.20 bits per heavy atom. The first-order valence-electron chi connectivity index (χ1n) is 5.78. The monoisotopic (exact) mass is 289 g/mol. The zero-order valence-corrected chi connectivity index (χ0v) is 11.6. The number of imide groups is 1. The molecule has 9 nitrogen and oxygen atoms in total. The second kappa shape index (κ2) is 7.43. The minimum atomic E-state index is -1.36. The smallest absolute Gasteiger partial charge is 0.408 e. The van der Waals surface area contributed by atoms with Crippen molar-refractivity contribution in [2.75, 3.05) is 19.6 Å². The molecule has 20 heavy (non-hydrogen) atoms. The number of nitrogens with one attached hydrogen (secondary N) is 1. The lowest BCUT2D eigenvalue weighted by molar-refractivity contribution is -0.151. The molecule has 0 bridgehead atoms. The first kappa shape index (κ1) is 17.8. The van der Waals surface area contributed by atoms with Crippen LogP contribution < -0.4 is 11.1 Å². The number of carbonyl (C=O) groups is 4. The lowest BCUT2D eigenvalue weighted by atomic mass is 10.2. The van der Waals surface area contributed by atoms with Gasteiger partial charge in [-0.25, -0.2) is 4.79 Å². The lowest BCUT2D eigenvalue weighted by Gasteiger charge is -2.21. The van der Waals surface area contributed by atoms with Gasteiger partial charge in [-0.05, 0) is 20.8 Å². The Morgan fingerprint density at radius 2 is 1.75 bits per heavy atom. The van der Waals surface area contributed by atoms with E-state index in [0.29, 0.717) is 4.90 Å². The molecule has 0 aromatic carbocycles. The van der Waals surface area contributed by atoms with E-state index in [9.17, 15) is 19.2 Å². The summed E-state index contributed by atoms with van der Waals surface area (Å²) in [5, 5.41) is 10.7. The third kappa shape index (κ3) is 7.31. The van der Waals surface area contributed by atoms with Crippen LogP contribution in [0.1, 0.15) is 20.8 Å². The fourth-order valence-electron chi connectivity index (χ4n) is 1.12. The van der Waals surface area contributed by atoms with Crippen molar-refractivity contribution in [2.45, 2.75) is 26.4 Å². The van der Waals surface area contributed by atoms with Crippen LogP contribution in [0.4, 0.5) is 4.79 Å². The Bertz CT molecular complexity index is 401. The minimum absolute atomic E-state index is 0.458. The van der Waals surface area contributed by atoms with Gasteiger partial charge in [0.1, 0.15) is 18.7 Å². The number of alkyl carbamates (subject to hydrolysis) is 1. The summed E-state index contributed by atoms with van der Waals surface area (Å²) in [6.07, 6.45) is -0.846. The van der Waals surface area contributed by atoms with E-state index in [2.05, 4.69) is 5.32 Å². The standard InChI is InChI=1S/C11H19N3O6/c1-11(2,3)20-10(19)13-5-8(16)14(6-9(17)18)7(15)4-12/h4-6,12H2,1-3H3,(H,13,19)(H,17,18). The third-order valence-corrected chi connectivity index (χ3v) is 1.85. The van der Waals surface area contributed by atoms with Crippen molar-refractivity contribution in [3.63, 3.8) is 0 Å². The molecule has 0 radical (unpaired) electrons. The van der Waals surface area contributed by atoms with Gasteiger partial charge in [-0.15, -0.1) is 0 Å². The number of carboxylic acids is 1. The van der Waals surface area contributed by atoms with Gasteiger partial charge in [-0.2, -0.15) is 0 Å². The molecule has 114 valence electrons. The van der Waals surface area contributed by atoms with E-state index in [1.165, 1.54) is 0 Å². The number of ether oxygens (including phenoxy) is 1. The molecule has 0 aromatic heterocycles. The highest BCUT2D eigenvalue weighted by atomic mass is 16.6. The van der Waals surface area contributed by atoms with E-state index in [4.69, 9.17) is 15.6 Å². The molecule has 0 aliphatic carbocycles.